The zero-order valence-corrected chi connectivity index (χ0v) is 9.05. The third kappa shape index (κ3) is 2.45. The Hall–Kier alpha value is -1.16. The summed E-state index contributed by atoms with van der Waals surface area (Å²) in [5, 5.41) is 0. The summed E-state index contributed by atoms with van der Waals surface area (Å²) in [4.78, 5) is 0. The van der Waals surface area contributed by atoms with Crippen LogP contribution in [0.2, 0.25) is 0 Å². The second-order valence-electron chi connectivity index (χ2n) is 3.61. The Kier molecular flexibility index (Phi) is 3.29. The quantitative estimate of drug-likeness (QED) is 0.841. The van der Waals surface area contributed by atoms with Crippen molar-refractivity contribution in [3.63, 3.8) is 0 Å². The van der Waals surface area contributed by atoms with Crippen molar-refractivity contribution in [1.29, 1.82) is 0 Å². The van der Waals surface area contributed by atoms with E-state index in [0.29, 0.717) is 5.56 Å². The molecule has 2 N–H and O–H groups in total. The first-order valence-electron chi connectivity index (χ1n) is 4.68. The van der Waals surface area contributed by atoms with Crippen molar-refractivity contribution in [1.82, 2.24) is 0 Å². The van der Waals surface area contributed by atoms with Crippen LogP contribution in [0.15, 0.2) is 18.2 Å². The Labute approximate surface area is 88.0 Å². The van der Waals surface area contributed by atoms with Crippen LogP contribution in [0.3, 0.4) is 0 Å². The molecule has 0 aromatic heterocycles. The molecule has 0 aliphatic rings. The van der Waals surface area contributed by atoms with Gasteiger partial charge < -0.3 is 10.5 Å². The van der Waals surface area contributed by atoms with Crippen molar-refractivity contribution in [2.75, 3.05) is 7.11 Å². The van der Waals surface area contributed by atoms with Crippen LogP contribution in [0.5, 0.6) is 5.75 Å². The highest BCUT2D eigenvalue weighted by Gasteiger charge is 2.29. The average Bonchev–Trinajstić information content (AvgIpc) is 2.15. The molecule has 84 valence electrons. The van der Waals surface area contributed by atoms with Crippen LogP contribution in [0, 0.1) is 0 Å². The fourth-order valence-electron chi connectivity index (χ4n) is 1.49. The summed E-state index contributed by atoms with van der Waals surface area (Å²) in [5.41, 5.74) is 6.15. The Morgan fingerprint density at radius 2 is 2.00 bits per heavy atom. The van der Waals surface area contributed by atoms with E-state index < -0.39 is 5.92 Å². The van der Waals surface area contributed by atoms with Gasteiger partial charge in [-0.25, -0.2) is 8.78 Å². The third-order valence-corrected chi connectivity index (χ3v) is 2.21. The van der Waals surface area contributed by atoms with Crippen LogP contribution >= 0.6 is 0 Å². The fourth-order valence-corrected chi connectivity index (χ4v) is 1.49. The van der Waals surface area contributed by atoms with Gasteiger partial charge in [-0.05, 0) is 13.0 Å². The Morgan fingerprint density at radius 1 is 1.40 bits per heavy atom. The molecular formula is C11H15F2NO. The largest absolute Gasteiger partial charge is 0.496 e. The molecule has 0 aliphatic carbocycles. The zero-order valence-electron chi connectivity index (χ0n) is 9.05. The number of hydrogen-bond acceptors (Lipinski definition) is 2. The van der Waals surface area contributed by atoms with Crippen LogP contribution in [0.25, 0.3) is 0 Å². The SMILES string of the molecule is COc1c(C(C)N)cccc1C(C)(F)F. The molecule has 0 fully saturated rings. The van der Waals surface area contributed by atoms with Crippen LogP contribution in [0.1, 0.15) is 31.0 Å². The van der Waals surface area contributed by atoms with E-state index in [1.165, 1.54) is 13.2 Å². The Bertz CT molecular complexity index is 345. The van der Waals surface area contributed by atoms with E-state index in [-0.39, 0.29) is 17.4 Å². The number of hydrogen-bond donors (Lipinski definition) is 1. The van der Waals surface area contributed by atoms with Gasteiger partial charge in [0.05, 0.1) is 12.7 Å². The summed E-state index contributed by atoms with van der Waals surface area (Å²) in [6, 6.07) is 4.28. The van der Waals surface area contributed by atoms with Gasteiger partial charge >= 0.3 is 0 Å². The lowest BCUT2D eigenvalue weighted by Gasteiger charge is -2.19. The first kappa shape index (κ1) is 11.9. The van der Waals surface area contributed by atoms with Gasteiger partial charge in [-0.15, -0.1) is 0 Å². The number of para-hydroxylation sites is 1. The standard InChI is InChI=1S/C11H15F2NO/c1-7(14)8-5-4-6-9(10(8)15-3)11(2,12)13/h4-7H,14H2,1-3H3. The minimum atomic E-state index is -2.92. The number of benzene rings is 1. The number of rotatable bonds is 3. The number of alkyl halides is 2. The molecule has 0 aliphatic heterocycles. The Balaban J connectivity index is 3.35. The topological polar surface area (TPSA) is 35.2 Å². The maximum absolute atomic E-state index is 13.2. The summed E-state index contributed by atoms with van der Waals surface area (Å²) in [5.74, 6) is -2.74. The van der Waals surface area contributed by atoms with Gasteiger partial charge in [0.15, 0.2) is 0 Å². The second kappa shape index (κ2) is 4.14. The summed E-state index contributed by atoms with van der Waals surface area (Å²) in [6.07, 6.45) is 0. The van der Waals surface area contributed by atoms with Crippen molar-refractivity contribution >= 4 is 0 Å². The van der Waals surface area contributed by atoms with Crippen molar-refractivity contribution in [3.8, 4) is 5.75 Å². The van der Waals surface area contributed by atoms with E-state index in [4.69, 9.17) is 10.5 Å². The maximum Gasteiger partial charge on any atom is 0.274 e. The van der Waals surface area contributed by atoms with Crippen LogP contribution in [0.4, 0.5) is 8.78 Å². The van der Waals surface area contributed by atoms with Gasteiger partial charge in [0.25, 0.3) is 5.92 Å². The summed E-state index contributed by atoms with van der Waals surface area (Å²) < 4.78 is 31.5. The van der Waals surface area contributed by atoms with Crippen LogP contribution in [-0.4, -0.2) is 7.11 Å². The number of nitrogens with two attached hydrogens (primary N) is 1. The summed E-state index contributed by atoms with van der Waals surface area (Å²) in [7, 11) is 1.37. The minimum absolute atomic E-state index is 0.125. The summed E-state index contributed by atoms with van der Waals surface area (Å²) in [6.45, 7) is 2.57. The molecule has 15 heavy (non-hydrogen) atoms. The highest BCUT2D eigenvalue weighted by Crippen LogP contribution is 2.38. The van der Waals surface area contributed by atoms with Crippen LogP contribution < -0.4 is 10.5 Å². The predicted octanol–water partition coefficient (Wildman–Crippen LogP) is 2.83. The molecule has 1 unspecified atom stereocenters. The van der Waals surface area contributed by atoms with Crippen molar-refractivity contribution in [2.45, 2.75) is 25.8 Å². The van der Waals surface area contributed by atoms with Crippen molar-refractivity contribution in [3.05, 3.63) is 29.3 Å². The molecule has 0 radical (unpaired) electrons. The van der Waals surface area contributed by atoms with Crippen LogP contribution in [-0.2, 0) is 5.92 Å². The average molecular weight is 215 g/mol. The van der Waals surface area contributed by atoms with E-state index >= 15 is 0 Å². The molecule has 1 rings (SSSR count). The lowest BCUT2D eigenvalue weighted by Crippen LogP contribution is -2.13. The molecule has 2 nitrogen and oxygen atoms in total. The third-order valence-electron chi connectivity index (χ3n) is 2.21. The van der Waals surface area contributed by atoms with E-state index in [9.17, 15) is 8.78 Å². The highest BCUT2D eigenvalue weighted by molar-refractivity contribution is 5.45. The molecule has 1 aromatic rings. The molecule has 0 saturated carbocycles. The molecule has 0 bridgehead atoms. The van der Waals surface area contributed by atoms with Gasteiger partial charge in [0, 0.05) is 18.5 Å². The van der Waals surface area contributed by atoms with E-state index in [1.807, 2.05) is 0 Å². The van der Waals surface area contributed by atoms with Gasteiger partial charge in [0.1, 0.15) is 5.75 Å². The van der Waals surface area contributed by atoms with Gasteiger partial charge in [0.2, 0.25) is 0 Å². The normalized spacial score (nSPS) is 13.7. The monoisotopic (exact) mass is 215 g/mol. The van der Waals surface area contributed by atoms with E-state index in [0.717, 1.165) is 6.92 Å². The fraction of sp³-hybridized carbons (Fsp3) is 0.455. The van der Waals surface area contributed by atoms with Gasteiger partial charge in [-0.2, -0.15) is 0 Å². The predicted molar refractivity (Wildman–Crippen MR) is 55.2 cm³/mol. The van der Waals surface area contributed by atoms with Gasteiger partial charge in [-0.3, -0.25) is 0 Å². The molecule has 0 amide bonds. The van der Waals surface area contributed by atoms with Gasteiger partial charge in [-0.1, -0.05) is 12.1 Å². The molecule has 0 heterocycles. The molecule has 0 saturated heterocycles. The van der Waals surface area contributed by atoms with E-state index in [2.05, 4.69) is 0 Å². The van der Waals surface area contributed by atoms with E-state index in [1.54, 1.807) is 19.1 Å². The number of methoxy groups -OCH3 is 1. The lowest BCUT2D eigenvalue weighted by molar-refractivity contribution is 0.0149. The van der Waals surface area contributed by atoms with Crippen molar-refractivity contribution < 1.29 is 13.5 Å². The smallest absolute Gasteiger partial charge is 0.274 e. The molecule has 0 spiro atoms. The maximum atomic E-state index is 13.2. The number of halogens is 2. The first-order valence-corrected chi connectivity index (χ1v) is 4.68. The molecule has 1 atom stereocenters. The molecule has 1 aromatic carbocycles. The zero-order chi connectivity index (χ0) is 11.6. The lowest BCUT2D eigenvalue weighted by atomic mass is 10.0. The van der Waals surface area contributed by atoms with Crippen molar-refractivity contribution in [2.24, 2.45) is 5.73 Å². The second-order valence-corrected chi connectivity index (χ2v) is 3.61. The highest BCUT2D eigenvalue weighted by atomic mass is 19.3. The molecular weight excluding hydrogens is 200 g/mol. The molecule has 4 heteroatoms. The minimum Gasteiger partial charge on any atom is -0.496 e. The summed E-state index contributed by atoms with van der Waals surface area (Å²) >= 11 is 0. The first-order chi connectivity index (χ1) is 6.88. The Morgan fingerprint density at radius 3 is 2.40 bits per heavy atom. The number of ether oxygens (including phenoxy) is 1.